The predicted octanol–water partition coefficient (Wildman–Crippen LogP) is 3.85. The molecule has 2 nitrogen and oxygen atoms in total. The molecule has 0 aliphatic rings. The molecule has 0 aliphatic heterocycles. The van der Waals surface area contributed by atoms with Crippen molar-refractivity contribution in [3.8, 4) is 0 Å². The van der Waals surface area contributed by atoms with Crippen molar-refractivity contribution in [2.75, 3.05) is 5.88 Å². The lowest BCUT2D eigenvalue weighted by Crippen LogP contribution is -2.05. The third-order valence-corrected chi connectivity index (χ3v) is 3.66. The standard InChI is InChI=1S/C13H13ClFIN2/c14-5-1-2-12-7-17-9-18(12)8-10-3-4-11(16)6-13(10)15/h3-4,6-7,9H,1-2,5,8H2. The Labute approximate surface area is 124 Å². The molecular formula is C13H13ClFIN2. The second kappa shape index (κ2) is 6.52. The Hall–Kier alpha value is -0.620. The second-order valence-corrected chi connectivity index (χ2v) is 5.66. The van der Waals surface area contributed by atoms with Crippen molar-refractivity contribution in [3.05, 3.63) is 51.4 Å². The zero-order chi connectivity index (χ0) is 13.0. The minimum absolute atomic E-state index is 0.168. The van der Waals surface area contributed by atoms with E-state index in [2.05, 4.69) is 27.6 Å². The zero-order valence-corrected chi connectivity index (χ0v) is 12.7. The summed E-state index contributed by atoms with van der Waals surface area (Å²) in [5.41, 5.74) is 1.77. The van der Waals surface area contributed by atoms with Crippen LogP contribution < -0.4 is 0 Å². The minimum atomic E-state index is -0.168. The van der Waals surface area contributed by atoms with E-state index < -0.39 is 0 Å². The number of alkyl halides is 1. The van der Waals surface area contributed by atoms with E-state index in [1.54, 1.807) is 12.4 Å². The van der Waals surface area contributed by atoms with Gasteiger partial charge in [0.1, 0.15) is 5.82 Å². The van der Waals surface area contributed by atoms with E-state index in [1.165, 1.54) is 0 Å². The molecule has 2 aromatic rings. The SMILES string of the molecule is Fc1cc(I)ccc1Cn1cncc1CCCCl. The Morgan fingerprint density at radius 1 is 1.39 bits per heavy atom. The fraction of sp³-hybridized carbons (Fsp3) is 0.308. The van der Waals surface area contributed by atoms with Crippen LogP contribution in [-0.4, -0.2) is 15.4 Å². The number of halogens is 3. The molecule has 0 unspecified atom stereocenters. The van der Waals surface area contributed by atoms with Crippen LogP contribution in [0.1, 0.15) is 17.7 Å². The van der Waals surface area contributed by atoms with Crippen LogP contribution in [0.5, 0.6) is 0 Å². The van der Waals surface area contributed by atoms with Crippen LogP contribution in [-0.2, 0) is 13.0 Å². The average molecular weight is 379 g/mol. The van der Waals surface area contributed by atoms with Crippen molar-refractivity contribution in [3.63, 3.8) is 0 Å². The Morgan fingerprint density at radius 3 is 2.94 bits per heavy atom. The molecule has 0 saturated carbocycles. The summed E-state index contributed by atoms with van der Waals surface area (Å²) in [5.74, 6) is 0.460. The molecule has 0 fully saturated rings. The van der Waals surface area contributed by atoms with E-state index in [-0.39, 0.29) is 5.82 Å². The van der Waals surface area contributed by atoms with Gasteiger partial charge >= 0.3 is 0 Å². The van der Waals surface area contributed by atoms with Crippen molar-refractivity contribution in [1.82, 2.24) is 9.55 Å². The van der Waals surface area contributed by atoms with Crippen LogP contribution in [0.25, 0.3) is 0 Å². The van der Waals surface area contributed by atoms with E-state index in [1.807, 2.05) is 22.9 Å². The predicted molar refractivity (Wildman–Crippen MR) is 79.5 cm³/mol. The fourth-order valence-corrected chi connectivity index (χ4v) is 2.37. The molecule has 0 saturated heterocycles. The zero-order valence-electron chi connectivity index (χ0n) is 9.74. The summed E-state index contributed by atoms with van der Waals surface area (Å²) in [4.78, 5) is 4.11. The van der Waals surface area contributed by atoms with Gasteiger partial charge in [0.15, 0.2) is 0 Å². The quantitative estimate of drug-likeness (QED) is 0.571. The normalized spacial score (nSPS) is 10.8. The first kappa shape index (κ1) is 13.8. The molecule has 5 heteroatoms. The van der Waals surface area contributed by atoms with Crippen LogP contribution in [0.15, 0.2) is 30.7 Å². The molecule has 0 atom stereocenters. The monoisotopic (exact) mass is 378 g/mol. The molecular weight excluding hydrogens is 366 g/mol. The Balaban J connectivity index is 2.15. The van der Waals surface area contributed by atoms with Gasteiger partial charge in [-0.3, -0.25) is 0 Å². The van der Waals surface area contributed by atoms with E-state index >= 15 is 0 Å². The van der Waals surface area contributed by atoms with Gasteiger partial charge in [-0.2, -0.15) is 0 Å². The summed E-state index contributed by atoms with van der Waals surface area (Å²) in [5, 5.41) is 0. The van der Waals surface area contributed by atoms with Crippen LogP contribution in [0.4, 0.5) is 4.39 Å². The highest BCUT2D eigenvalue weighted by atomic mass is 127. The summed E-state index contributed by atoms with van der Waals surface area (Å²) in [6, 6.07) is 5.28. The van der Waals surface area contributed by atoms with Gasteiger partial charge < -0.3 is 4.57 Å². The molecule has 1 aromatic carbocycles. The maximum atomic E-state index is 13.8. The van der Waals surface area contributed by atoms with Crippen molar-refractivity contribution in [2.45, 2.75) is 19.4 Å². The number of rotatable bonds is 5. The molecule has 2 rings (SSSR count). The first-order chi connectivity index (χ1) is 8.70. The van der Waals surface area contributed by atoms with Crippen LogP contribution in [0.3, 0.4) is 0 Å². The van der Waals surface area contributed by atoms with Crippen LogP contribution in [0.2, 0.25) is 0 Å². The van der Waals surface area contributed by atoms with Gasteiger partial charge in [0.25, 0.3) is 0 Å². The van der Waals surface area contributed by atoms with Crippen molar-refractivity contribution >= 4 is 34.2 Å². The summed E-state index contributed by atoms with van der Waals surface area (Å²) in [6.45, 7) is 0.514. The molecule has 0 N–H and O–H groups in total. The van der Waals surface area contributed by atoms with E-state index in [4.69, 9.17) is 11.6 Å². The highest BCUT2D eigenvalue weighted by Crippen LogP contribution is 2.15. The van der Waals surface area contributed by atoms with Gasteiger partial charge in [0.2, 0.25) is 0 Å². The average Bonchev–Trinajstić information content (AvgIpc) is 2.77. The maximum absolute atomic E-state index is 13.8. The summed E-state index contributed by atoms with van der Waals surface area (Å²) < 4.78 is 16.6. The number of hydrogen-bond acceptors (Lipinski definition) is 1. The molecule has 0 spiro atoms. The number of aromatic nitrogens is 2. The fourth-order valence-electron chi connectivity index (χ4n) is 1.78. The number of nitrogens with zero attached hydrogens (tertiary/aromatic N) is 2. The number of benzene rings is 1. The summed E-state index contributed by atoms with van der Waals surface area (Å²) in [7, 11) is 0. The lowest BCUT2D eigenvalue weighted by molar-refractivity contribution is 0.593. The number of imidazole rings is 1. The molecule has 1 heterocycles. The molecule has 0 bridgehead atoms. The van der Waals surface area contributed by atoms with Crippen molar-refractivity contribution in [1.29, 1.82) is 0 Å². The Bertz CT molecular complexity index is 527. The van der Waals surface area contributed by atoms with Crippen LogP contribution >= 0.6 is 34.2 Å². The molecule has 0 aliphatic carbocycles. The third kappa shape index (κ3) is 3.45. The highest BCUT2D eigenvalue weighted by Gasteiger charge is 2.07. The van der Waals surface area contributed by atoms with Crippen molar-refractivity contribution in [2.24, 2.45) is 0 Å². The van der Waals surface area contributed by atoms with E-state index in [0.29, 0.717) is 18.0 Å². The lowest BCUT2D eigenvalue weighted by Gasteiger charge is -2.09. The molecule has 1 aromatic heterocycles. The largest absolute Gasteiger partial charge is 0.330 e. The molecule has 96 valence electrons. The summed E-state index contributed by atoms with van der Waals surface area (Å²) >= 11 is 7.79. The van der Waals surface area contributed by atoms with Gasteiger partial charge in [-0.1, -0.05) is 6.07 Å². The number of hydrogen-bond donors (Lipinski definition) is 0. The van der Waals surface area contributed by atoms with Gasteiger partial charge in [-0.15, -0.1) is 11.6 Å². The first-order valence-corrected chi connectivity index (χ1v) is 7.31. The van der Waals surface area contributed by atoms with Crippen molar-refractivity contribution < 1.29 is 4.39 Å². The minimum Gasteiger partial charge on any atom is -0.330 e. The van der Waals surface area contributed by atoms with E-state index in [0.717, 1.165) is 22.1 Å². The maximum Gasteiger partial charge on any atom is 0.129 e. The first-order valence-electron chi connectivity index (χ1n) is 5.69. The van der Waals surface area contributed by atoms with Gasteiger partial charge in [0, 0.05) is 26.9 Å². The highest BCUT2D eigenvalue weighted by molar-refractivity contribution is 14.1. The topological polar surface area (TPSA) is 17.8 Å². The Morgan fingerprint density at radius 2 is 2.22 bits per heavy atom. The van der Waals surface area contributed by atoms with Gasteiger partial charge in [-0.25, -0.2) is 9.37 Å². The smallest absolute Gasteiger partial charge is 0.129 e. The second-order valence-electron chi connectivity index (χ2n) is 4.04. The van der Waals surface area contributed by atoms with Gasteiger partial charge in [0.05, 0.1) is 12.9 Å². The lowest BCUT2D eigenvalue weighted by atomic mass is 10.2. The third-order valence-electron chi connectivity index (χ3n) is 2.72. The Kier molecular flexibility index (Phi) is 5.00. The van der Waals surface area contributed by atoms with E-state index in [9.17, 15) is 4.39 Å². The summed E-state index contributed by atoms with van der Waals surface area (Å²) in [6.07, 6.45) is 5.33. The van der Waals surface area contributed by atoms with Crippen LogP contribution in [0, 0.1) is 9.39 Å². The molecule has 0 radical (unpaired) electrons. The van der Waals surface area contributed by atoms with Gasteiger partial charge in [-0.05, 0) is 47.6 Å². The number of aryl methyl sites for hydroxylation is 1. The molecule has 0 amide bonds. The molecule has 18 heavy (non-hydrogen) atoms.